The minimum Gasteiger partial charge on any atom is -0.340 e. The summed E-state index contributed by atoms with van der Waals surface area (Å²) in [4.78, 5) is 14.3. The molecule has 0 unspecified atom stereocenters. The first-order valence-electron chi connectivity index (χ1n) is 7.16. The highest BCUT2D eigenvalue weighted by atomic mass is 35.5. The van der Waals surface area contributed by atoms with Crippen LogP contribution in [0.15, 0.2) is 24.3 Å². The largest absolute Gasteiger partial charge is 0.340 e. The van der Waals surface area contributed by atoms with Gasteiger partial charge in [-0.2, -0.15) is 0 Å². The summed E-state index contributed by atoms with van der Waals surface area (Å²) in [7, 11) is -1.84. The van der Waals surface area contributed by atoms with Gasteiger partial charge in [-0.05, 0) is 43.6 Å². The first-order valence-corrected chi connectivity index (χ1v) is 9.43. The number of hydrogen-bond donors (Lipinski definition) is 1. The Bertz CT molecular complexity index is 637. The number of nitrogens with zero attached hydrogens (tertiary/aromatic N) is 1. The molecule has 7 heteroatoms. The summed E-state index contributed by atoms with van der Waals surface area (Å²) in [6, 6.07) is 7.18. The number of halogens is 1. The van der Waals surface area contributed by atoms with Crippen LogP contribution < -0.4 is 5.32 Å². The molecule has 0 spiro atoms. The van der Waals surface area contributed by atoms with E-state index in [0.717, 1.165) is 11.8 Å². The molecular weight excluding hydrogens is 324 g/mol. The average Bonchev–Trinajstić information content (AvgIpc) is 2.48. The van der Waals surface area contributed by atoms with Gasteiger partial charge >= 0.3 is 0 Å². The third-order valence-electron chi connectivity index (χ3n) is 4.19. The van der Waals surface area contributed by atoms with Gasteiger partial charge < -0.3 is 10.2 Å². The van der Waals surface area contributed by atoms with Crippen LogP contribution in [-0.2, 0) is 21.2 Å². The zero-order valence-electron chi connectivity index (χ0n) is 12.8. The Morgan fingerprint density at radius 2 is 1.82 bits per heavy atom. The van der Waals surface area contributed by atoms with Crippen LogP contribution in [-0.4, -0.2) is 50.4 Å². The van der Waals surface area contributed by atoms with Gasteiger partial charge in [0.1, 0.15) is 0 Å². The monoisotopic (exact) mass is 344 g/mol. The molecular formula is C15H21ClN2O3S. The fraction of sp³-hybridized carbons (Fsp3) is 0.533. The number of piperidine rings is 1. The van der Waals surface area contributed by atoms with Gasteiger partial charge in [0.25, 0.3) is 0 Å². The number of rotatable bonds is 4. The van der Waals surface area contributed by atoms with Crippen LogP contribution in [0.3, 0.4) is 0 Å². The standard InChI is InChI=1S/C15H21ClN2O3S/c1-18(11-12-3-5-13(16)6-4-12)14(19)15(22(2,20)21)7-9-17-10-8-15/h3-6,17H,7-11H2,1-2H3. The zero-order valence-corrected chi connectivity index (χ0v) is 14.4. The maximum Gasteiger partial charge on any atom is 0.244 e. The summed E-state index contributed by atoms with van der Waals surface area (Å²) in [5.41, 5.74) is 0.915. The molecule has 0 atom stereocenters. The van der Waals surface area contributed by atoms with Crippen LogP contribution in [0.2, 0.25) is 5.02 Å². The van der Waals surface area contributed by atoms with E-state index < -0.39 is 14.6 Å². The molecule has 122 valence electrons. The lowest BCUT2D eigenvalue weighted by Gasteiger charge is -2.37. The molecule has 1 saturated heterocycles. The van der Waals surface area contributed by atoms with E-state index in [1.54, 1.807) is 19.2 Å². The van der Waals surface area contributed by atoms with Gasteiger partial charge in [0.15, 0.2) is 14.6 Å². The normalized spacial score (nSPS) is 18.0. The number of amides is 1. The topological polar surface area (TPSA) is 66.5 Å². The number of hydrogen-bond acceptors (Lipinski definition) is 4. The van der Waals surface area contributed by atoms with E-state index in [9.17, 15) is 13.2 Å². The van der Waals surface area contributed by atoms with Crippen molar-refractivity contribution in [1.29, 1.82) is 0 Å². The minimum absolute atomic E-state index is 0.315. The van der Waals surface area contributed by atoms with Gasteiger partial charge in [0.2, 0.25) is 5.91 Å². The number of carbonyl (C=O) groups is 1. The molecule has 1 aliphatic heterocycles. The van der Waals surface area contributed by atoms with Crippen molar-refractivity contribution in [2.45, 2.75) is 24.1 Å². The van der Waals surface area contributed by atoms with Crippen molar-refractivity contribution in [2.75, 3.05) is 26.4 Å². The maximum absolute atomic E-state index is 12.8. The van der Waals surface area contributed by atoms with Crippen molar-refractivity contribution >= 4 is 27.3 Å². The Balaban J connectivity index is 2.21. The van der Waals surface area contributed by atoms with Crippen LogP contribution in [0, 0.1) is 0 Å². The second-order valence-corrected chi connectivity index (χ2v) is 8.57. The number of sulfone groups is 1. The molecule has 0 aliphatic carbocycles. The van der Waals surface area contributed by atoms with Crippen molar-refractivity contribution in [3.05, 3.63) is 34.9 Å². The van der Waals surface area contributed by atoms with Gasteiger partial charge in [-0.25, -0.2) is 8.42 Å². The predicted octanol–water partition coefficient (Wildman–Crippen LogP) is 1.47. The molecule has 0 aromatic heterocycles. The Hall–Kier alpha value is -1.11. The van der Waals surface area contributed by atoms with Gasteiger partial charge in [-0.1, -0.05) is 23.7 Å². The Morgan fingerprint density at radius 3 is 2.32 bits per heavy atom. The van der Waals surface area contributed by atoms with Crippen LogP contribution >= 0.6 is 11.6 Å². The zero-order chi connectivity index (χ0) is 16.4. The summed E-state index contributed by atoms with van der Waals surface area (Å²) in [5, 5.41) is 3.74. The molecule has 0 saturated carbocycles. The average molecular weight is 345 g/mol. The first kappa shape index (κ1) is 17.2. The SMILES string of the molecule is CN(Cc1ccc(Cl)cc1)C(=O)C1(S(C)(=O)=O)CCNCC1. The van der Waals surface area contributed by atoms with Crippen molar-refractivity contribution < 1.29 is 13.2 Å². The van der Waals surface area contributed by atoms with Crippen LogP contribution in [0.5, 0.6) is 0 Å². The lowest BCUT2D eigenvalue weighted by molar-refractivity contribution is -0.134. The summed E-state index contributed by atoms with van der Waals surface area (Å²) in [6.07, 6.45) is 1.79. The number of nitrogens with one attached hydrogen (secondary N) is 1. The van der Waals surface area contributed by atoms with E-state index in [1.807, 2.05) is 12.1 Å². The molecule has 22 heavy (non-hydrogen) atoms. The predicted molar refractivity (Wildman–Crippen MR) is 87.6 cm³/mol. The van der Waals surface area contributed by atoms with E-state index in [2.05, 4.69) is 5.32 Å². The van der Waals surface area contributed by atoms with Gasteiger partial charge in [0, 0.05) is 24.9 Å². The Morgan fingerprint density at radius 1 is 1.27 bits per heavy atom. The molecule has 2 rings (SSSR count). The van der Waals surface area contributed by atoms with Crippen molar-refractivity contribution in [1.82, 2.24) is 10.2 Å². The number of benzene rings is 1. The maximum atomic E-state index is 12.8. The second kappa shape index (κ2) is 6.56. The molecule has 1 amide bonds. The van der Waals surface area contributed by atoms with Crippen molar-refractivity contribution in [2.24, 2.45) is 0 Å². The lowest BCUT2D eigenvalue weighted by Crippen LogP contribution is -2.57. The van der Waals surface area contributed by atoms with Crippen LogP contribution in [0.1, 0.15) is 18.4 Å². The summed E-state index contributed by atoms with van der Waals surface area (Å²) in [6.45, 7) is 1.43. The molecule has 1 aliphatic rings. The fourth-order valence-electron chi connectivity index (χ4n) is 2.86. The Kier molecular flexibility index (Phi) is 5.14. The van der Waals surface area contributed by atoms with Crippen molar-refractivity contribution in [3.63, 3.8) is 0 Å². The van der Waals surface area contributed by atoms with E-state index in [-0.39, 0.29) is 5.91 Å². The molecule has 5 nitrogen and oxygen atoms in total. The molecule has 0 radical (unpaired) electrons. The van der Waals surface area contributed by atoms with Gasteiger partial charge in [-0.15, -0.1) is 0 Å². The molecule has 1 N–H and O–H groups in total. The highest BCUT2D eigenvalue weighted by Gasteiger charge is 2.49. The highest BCUT2D eigenvalue weighted by molar-refractivity contribution is 7.92. The smallest absolute Gasteiger partial charge is 0.244 e. The lowest BCUT2D eigenvalue weighted by atomic mass is 9.95. The van der Waals surface area contributed by atoms with Gasteiger partial charge in [-0.3, -0.25) is 4.79 Å². The molecule has 1 aromatic carbocycles. The minimum atomic E-state index is -3.48. The second-order valence-electron chi connectivity index (χ2n) is 5.80. The van der Waals surface area contributed by atoms with E-state index in [4.69, 9.17) is 11.6 Å². The molecule has 1 fully saturated rings. The van der Waals surface area contributed by atoms with Gasteiger partial charge in [0.05, 0.1) is 0 Å². The molecule has 0 bridgehead atoms. The van der Waals surface area contributed by atoms with E-state index >= 15 is 0 Å². The molecule has 1 aromatic rings. The summed E-state index contributed by atoms with van der Waals surface area (Å²) in [5.74, 6) is -0.327. The van der Waals surface area contributed by atoms with Crippen LogP contribution in [0.4, 0.5) is 0 Å². The summed E-state index contributed by atoms with van der Waals surface area (Å²) >= 11 is 5.85. The first-order chi connectivity index (χ1) is 10.3. The molecule has 1 heterocycles. The van der Waals surface area contributed by atoms with E-state index in [1.165, 1.54) is 4.90 Å². The third kappa shape index (κ3) is 3.45. The number of carbonyl (C=O) groups excluding carboxylic acids is 1. The fourth-order valence-corrected chi connectivity index (χ4v) is 4.40. The van der Waals surface area contributed by atoms with Crippen molar-refractivity contribution in [3.8, 4) is 0 Å². The Labute approximate surface area is 136 Å². The quantitative estimate of drug-likeness (QED) is 0.898. The van der Waals surface area contributed by atoms with Crippen LogP contribution in [0.25, 0.3) is 0 Å². The highest BCUT2D eigenvalue weighted by Crippen LogP contribution is 2.30. The van der Waals surface area contributed by atoms with E-state index in [0.29, 0.717) is 37.5 Å². The third-order valence-corrected chi connectivity index (χ3v) is 6.44. The summed E-state index contributed by atoms with van der Waals surface area (Å²) < 4.78 is 23.2.